The molecule has 0 spiro atoms. The Morgan fingerprint density at radius 2 is 2.22 bits per heavy atom. The summed E-state index contributed by atoms with van der Waals surface area (Å²) in [5.74, 6) is 0.752. The quantitative estimate of drug-likeness (QED) is 0.882. The molecular weight excluding hydrogens is 312 g/mol. The van der Waals surface area contributed by atoms with E-state index in [4.69, 9.17) is 9.15 Å². The Bertz CT molecular complexity index is 644. The van der Waals surface area contributed by atoms with Crippen LogP contribution in [0.2, 0.25) is 0 Å². The monoisotopic (exact) mass is 334 g/mol. The molecule has 1 fully saturated rings. The summed E-state index contributed by atoms with van der Waals surface area (Å²) in [6.07, 6.45) is 2.41. The highest BCUT2D eigenvalue weighted by molar-refractivity contribution is 7.10. The molecule has 6 heteroatoms. The zero-order valence-electron chi connectivity index (χ0n) is 13.3. The van der Waals surface area contributed by atoms with Gasteiger partial charge in [-0.2, -0.15) is 0 Å². The first kappa shape index (κ1) is 16.2. The highest BCUT2D eigenvalue weighted by atomic mass is 32.1. The van der Waals surface area contributed by atoms with Gasteiger partial charge in [-0.05, 0) is 36.4 Å². The van der Waals surface area contributed by atoms with E-state index in [1.54, 1.807) is 17.6 Å². The summed E-state index contributed by atoms with van der Waals surface area (Å²) in [6.45, 7) is 6.80. The molecule has 0 aliphatic carbocycles. The lowest BCUT2D eigenvalue weighted by molar-refractivity contribution is 0.0313. The molecule has 2 aromatic heterocycles. The number of morpholine rings is 1. The molecule has 3 rings (SSSR count). The molecule has 124 valence electrons. The van der Waals surface area contributed by atoms with E-state index in [0.717, 1.165) is 45.0 Å². The van der Waals surface area contributed by atoms with E-state index in [1.165, 1.54) is 10.4 Å². The van der Waals surface area contributed by atoms with E-state index >= 15 is 0 Å². The Morgan fingerprint density at radius 1 is 1.39 bits per heavy atom. The van der Waals surface area contributed by atoms with Crippen molar-refractivity contribution < 1.29 is 13.9 Å². The molecular formula is C17H22N2O3S. The topological polar surface area (TPSA) is 54.7 Å². The molecule has 0 saturated carbocycles. The van der Waals surface area contributed by atoms with E-state index in [2.05, 4.69) is 28.6 Å². The fourth-order valence-electron chi connectivity index (χ4n) is 2.61. The summed E-state index contributed by atoms with van der Waals surface area (Å²) in [7, 11) is 0. The minimum Gasteiger partial charge on any atom is -0.467 e. The van der Waals surface area contributed by atoms with Gasteiger partial charge in [-0.15, -0.1) is 11.3 Å². The van der Waals surface area contributed by atoms with Gasteiger partial charge < -0.3 is 14.5 Å². The third-order valence-electron chi connectivity index (χ3n) is 4.00. The van der Waals surface area contributed by atoms with Crippen LogP contribution in [0, 0.1) is 6.92 Å². The first-order chi connectivity index (χ1) is 11.2. The van der Waals surface area contributed by atoms with Gasteiger partial charge in [0.15, 0.2) is 0 Å². The Balaban J connectivity index is 1.47. The summed E-state index contributed by atoms with van der Waals surface area (Å²) in [5.41, 5.74) is 1.89. The second kappa shape index (κ2) is 7.77. The number of nitrogens with one attached hydrogen (secondary N) is 1. The number of ether oxygens (including phenoxy) is 1. The lowest BCUT2D eigenvalue weighted by atomic mass is 10.2. The smallest absolute Gasteiger partial charge is 0.254 e. The summed E-state index contributed by atoms with van der Waals surface area (Å²) in [5, 5.41) is 5.04. The zero-order valence-corrected chi connectivity index (χ0v) is 14.2. The first-order valence-corrected chi connectivity index (χ1v) is 8.79. The van der Waals surface area contributed by atoms with Gasteiger partial charge in [0.05, 0.1) is 25.3 Å². The van der Waals surface area contributed by atoms with Crippen molar-refractivity contribution in [3.05, 3.63) is 45.5 Å². The number of aryl methyl sites for hydroxylation is 1. The minimum absolute atomic E-state index is 0.0730. The van der Waals surface area contributed by atoms with Gasteiger partial charge in [-0.1, -0.05) is 0 Å². The lowest BCUT2D eigenvalue weighted by Gasteiger charge is -2.25. The van der Waals surface area contributed by atoms with Crippen molar-refractivity contribution in [1.82, 2.24) is 10.2 Å². The fourth-order valence-corrected chi connectivity index (χ4v) is 3.52. The molecule has 5 nitrogen and oxygen atoms in total. The second-order valence-electron chi connectivity index (χ2n) is 5.72. The SMILES string of the molecule is Cc1ccsc1CCNC(=O)c1coc(CN2CCOCC2)c1. The standard InChI is InChI=1S/C17H22N2O3S/c1-13-3-9-23-16(13)2-4-18-17(20)14-10-15(22-12-14)11-19-5-7-21-8-6-19/h3,9-10,12H,2,4-8,11H2,1H3,(H,18,20). The summed E-state index contributed by atoms with van der Waals surface area (Å²) < 4.78 is 10.8. The highest BCUT2D eigenvalue weighted by Crippen LogP contribution is 2.16. The molecule has 0 aromatic carbocycles. The Morgan fingerprint density at radius 3 is 2.96 bits per heavy atom. The molecule has 0 atom stereocenters. The molecule has 1 saturated heterocycles. The number of nitrogens with zero attached hydrogens (tertiary/aromatic N) is 1. The molecule has 1 aliphatic rings. The average molecular weight is 334 g/mol. The molecule has 1 aliphatic heterocycles. The number of rotatable bonds is 6. The predicted molar refractivity (Wildman–Crippen MR) is 89.9 cm³/mol. The van der Waals surface area contributed by atoms with E-state index < -0.39 is 0 Å². The summed E-state index contributed by atoms with van der Waals surface area (Å²) >= 11 is 1.74. The normalized spacial score (nSPS) is 15.7. The van der Waals surface area contributed by atoms with Crippen LogP contribution in [0.25, 0.3) is 0 Å². The van der Waals surface area contributed by atoms with Gasteiger partial charge in [0, 0.05) is 24.5 Å². The number of furan rings is 1. The van der Waals surface area contributed by atoms with Crippen molar-refractivity contribution in [2.75, 3.05) is 32.8 Å². The summed E-state index contributed by atoms with van der Waals surface area (Å²) in [4.78, 5) is 15.8. The van der Waals surface area contributed by atoms with Gasteiger partial charge in [0.2, 0.25) is 0 Å². The predicted octanol–water partition coefficient (Wildman–Crippen LogP) is 2.45. The van der Waals surface area contributed by atoms with Gasteiger partial charge in [-0.3, -0.25) is 9.69 Å². The molecule has 1 N–H and O–H groups in total. The van der Waals surface area contributed by atoms with Crippen LogP contribution in [0.1, 0.15) is 26.6 Å². The average Bonchev–Trinajstić information content (AvgIpc) is 3.18. The van der Waals surface area contributed by atoms with Crippen molar-refractivity contribution in [3.63, 3.8) is 0 Å². The largest absolute Gasteiger partial charge is 0.467 e. The molecule has 23 heavy (non-hydrogen) atoms. The van der Waals surface area contributed by atoms with Crippen LogP contribution in [0.15, 0.2) is 28.2 Å². The Hall–Kier alpha value is -1.63. The van der Waals surface area contributed by atoms with E-state index in [-0.39, 0.29) is 5.91 Å². The van der Waals surface area contributed by atoms with Crippen molar-refractivity contribution in [1.29, 1.82) is 0 Å². The second-order valence-corrected chi connectivity index (χ2v) is 6.72. The number of carbonyl (C=O) groups is 1. The molecule has 0 unspecified atom stereocenters. The van der Waals surface area contributed by atoms with Crippen molar-refractivity contribution in [3.8, 4) is 0 Å². The van der Waals surface area contributed by atoms with Crippen LogP contribution in [0.3, 0.4) is 0 Å². The number of hydrogen-bond acceptors (Lipinski definition) is 5. The van der Waals surface area contributed by atoms with E-state index in [1.807, 2.05) is 6.07 Å². The number of thiophene rings is 1. The highest BCUT2D eigenvalue weighted by Gasteiger charge is 2.15. The van der Waals surface area contributed by atoms with Crippen molar-refractivity contribution in [2.45, 2.75) is 19.9 Å². The van der Waals surface area contributed by atoms with Crippen molar-refractivity contribution in [2.24, 2.45) is 0 Å². The van der Waals surface area contributed by atoms with Crippen LogP contribution in [0.4, 0.5) is 0 Å². The summed E-state index contributed by atoms with van der Waals surface area (Å²) in [6, 6.07) is 3.94. The number of hydrogen-bond donors (Lipinski definition) is 1. The van der Waals surface area contributed by atoms with Crippen molar-refractivity contribution >= 4 is 17.2 Å². The minimum atomic E-state index is -0.0730. The first-order valence-electron chi connectivity index (χ1n) is 7.91. The van der Waals surface area contributed by atoms with Crippen LogP contribution >= 0.6 is 11.3 Å². The number of amides is 1. The zero-order chi connectivity index (χ0) is 16.1. The number of carbonyl (C=O) groups excluding carboxylic acids is 1. The molecule has 2 aromatic rings. The maximum atomic E-state index is 12.2. The van der Waals surface area contributed by atoms with Gasteiger partial charge in [0.1, 0.15) is 12.0 Å². The van der Waals surface area contributed by atoms with Gasteiger partial charge in [0.25, 0.3) is 5.91 Å². The molecule has 0 bridgehead atoms. The molecule has 1 amide bonds. The van der Waals surface area contributed by atoms with Crippen LogP contribution in [-0.4, -0.2) is 43.7 Å². The fraction of sp³-hybridized carbons (Fsp3) is 0.471. The Labute approximate surface area is 140 Å². The van der Waals surface area contributed by atoms with Gasteiger partial charge >= 0.3 is 0 Å². The third kappa shape index (κ3) is 4.43. The van der Waals surface area contributed by atoms with Crippen LogP contribution in [0.5, 0.6) is 0 Å². The van der Waals surface area contributed by atoms with E-state index in [9.17, 15) is 4.79 Å². The molecule has 3 heterocycles. The van der Waals surface area contributed by atoms with Crippen LogP contribution in [-0.2, 0) is 17.7 Å². The third-order valence-corrected chi connectivity index (χ3v) is 5.09. The van der Waals surface area contributed by atoms with Crippen LogP contribution < -0.4 is 5.32 Å². The van der Waals surface area contributed by atoms with Gasteiger partial charge in [-0.25, -0.2) is 0 Å². The maximum absolute atomic E-state index is 12.2. The lowest BCUT2D eigenvalue weighted by Crippen LogP contribution is -2.35. The Kier molecular flexibility index (Phi) is 5.48. The maximum Gasteiger partial charge on any atom is 0.254 e. The molecule has 0 radical (unpaired) electrons. The van der Waals surface area contributed by atoms with E-state index in [0.29, 0.717) is 12.1 Å².